The van der Waals surface area contributed by atoms with Gasteiger partial charge in [-0.25, -0.2) is 4.39 Å². The third-order valence-corrected chi connectivity index (χ3v) is 4.89. The molecule has 2 aromatic rings. The van der Waals surface area contributed by atoms with Gasteiger partial charge in [-0.15, -0.1) is 11.3 Å². The van der Waals surface area contributed by atoms with Crippen molar-refractivity contribution in [3.05, 3.63) is 55.4 Å². The van der Waals surface area contributed by atoms with E-state index in [-0.39, 0.29) is 11.9 Å². The van der Waals surface area contributed by atoms with Gasteiger partial charge in [0.15, 0.2) is 0 Å². The van der Waals surface area contributed by atoms with E-state index in [1.54, 1.807) is 17.4 Å². The molecule has 0 bridgehead atoms. The van der Waals surface area contributed by atoms with Gasteiger partial charge >= 0.3 is 0 Å². The second-order valence-corrected chi connectivity index (χ2v) is 6.21. The van der Waals surface area contributed by atoms with Crippen molar-refractivity contribution in [2.24, 2.45) is 0 Å². The fourth-order valence-electron chi connectivity index (χ4n) is 1.78. The van der Waals surface area contributed by atoms with Crippen molar-refractivity contribution in [2.75, 3.05) is 7.05 Å². The molecule has 0 amide bonds. The Labute approximate surface area is 123 Å². The lowest BCUT2D eigenvalue weighted by Crippen LogP contribution is -2.17. The van der Waals surface area contributed by atoms with Gasteiger partial charge in [0.05, 0.1) is 0 Å². The molecule has 1 atom stereocenters. The van der Waals surface area contributed by atoms with Gasteiger partial charge in [0.2, 0.25) is 0 Å². The Bertz CT molecular complexity index is 544. The topological polar surface area (TPSA) is 12.0 Å². The molecule has 1 aromatic heterocycles. The van der Waals surface area contributed by atoms with Gasteiger partial charge in [-0.05, 0) is 59.2 Å². The smallest absolute Gasteiger partial charge is 0.123 e. The van der Waals surface area contributed by atoms with E-state index in [4.69, 9.17) is 11.6 Å². The number of rotatable bonds is 4. The van der Waals surface area contributed by atoms with Crippen molar-refractivity contribution in [1.82, 2.24) is 5.32 Å². The van der Waals surface area contributed by atoms with Gasteiger partial charge < -0.3 is 5.32 Å². The van der Waals surface area contributed by atoms with Crippen molar-refractivity contribution >= 4 is 38.9 Å². The maximum Gasteiger partial charge on any atom is 0.123 e. The van der Waals surface area contributed by atoms with E-state index in [1.807, 2.05) is 12.4 Å². The van der Waals surface area contributed by atoms with Gasteiger partial charge in [-0.2, -0.15) is 0 Å². The number of likely N-dealkylation sites (N-methyl/N-ethyl adjacent to an activating group) is 1. The zero-order valence-corrected chi connectivity index (χ0v) is 12.9. The molecule has 18 heavy (non-hydrogen) atoms. The zero-order chi connectivity index (χ0) is 13.1. The predicted molar refractivity (Wildman–Crippen MR) is 78.9 cm³/mol. The molecule has 0 fully saturated rings. The molecule has 0 spiro atoms. The molecule has 0 radical (unpaired) electrons. The van der Waals surface area contributed by atoms with Crippen LogP contribution in [-0.4, -0.2) is 7.05 Å². The highest BCUT2D eigenvalue weighted by molar-refractivity contribution is 9.10. The van der Waals surface area contributed by atoms with Gasteiger partial charge in [-0.1, -0.05) is 11.6 Å². The maximum atomic E-state index is 13.2. The standard InChI is InChI=1S/C13H12BrClFNS/c1-17-12(13-6-9(14)7-18-13)5-8-4-10(16)2-3-11(8)15/h2-4,6-7,12,17H,5H2,1H3. The predicted octanol–water partition coefficient (Wildman–Crippen LogP) is 4.81. The van der Waals surface area contributed by atoms with Gasteiger partial charge in [0.1, 0.15) is 5.82 Å². The van der Waals surface area contributed by atoms with Crippen molar-refractivity contribution in [1.29, 1.82) is 0 Å². The third-order valence-electron chi connectivity index (χ3n) is 2.71. The van der Waals surface area contributed by atoms with E-state index >= 15 is 0 Å². The normalized spacial score (nSPS) is 12.7. The first-order valence-electron chi connectivity index (χ1n) is 5.45. The second-order valence-electron chi connectivity index (χ2n) is 3.95. The number of thiophene rings is 1. The van der Waals surface area contributed by atoms with Crippen molar-refractivity contribution in [3.63, 3.8) is 0 Å². The first-order valence-corrected chi connectivity index (χ1v) is 7.50. The van der Waals surface area contributed by atoms with E-state index in [0.29, 0.717) is 11.4 Å². The minimum atomic E-state index is -0.253. The number of halogens is 3. The van der Waals surface area contributed by atoms with Gasteiger partial charge in [-0.3, -0.25) is 0 Å². The summed E-state index contributed by atoms with van der Waals surface area (Å²) < 4.78 is 14.3. The molecule has 1 nitrogen and oxygen atoms in total. The third kappa shape index (κ3) is 3.32. The van der Waals surface area contributed by atoms with Gasteiger partial charge in [0, 0.05) is 25.8 Å². The largest absolute Gasteiger partial charge is 0.312 e. The summed E-state index contributed by atoms with van der Waals surface area (Å²) in [7, 11) is 1.89. The summed E-state index contributed by atoms with van der Waals surface area (Å²) in [6.07, 6.45) is 0.667. The van der Waals surface area contributed by atoms with Crippen LogP contribution in [0.1, 0.15) is 16.5 Å². The Morgan fingerprint density at radius 2 is 2.22 bits per heavy atom. The van der Waals surface area contributed by atoms with Crippen LogP contribution in [0.4, 0.5) is 4.39 Å². The molecular formula is C13H12BrClFNS. The van der Waals surface area contributed by atoms with Crippen LogP contribution in [0.25, 0.3) is 0 Å². The molecule has 96 valence electrons. The molecular weight excluding hydrogens is 337 g/mol. The molecule has 0 aliphatic heterocycles. The number of nitrogens with one attached hydrogen (secondary N) is 1. The van der Waals surface area contributed by atoms with Crippen LogP contribution < -0.4 is 5.32 Å². The van der Waals surface area contributed by atoms with E-state index in [9.17, 15) is 4.39 Å². The molecule has 0 aliphatic carbocycles. The molecule has 1 aromatic carbocycles. The molecule has 0 saturated carbocycles. The monoisotopic (exact) mass is 347 g/mol. The van der Waals surface area contributed by atoms with E-state index in [0.717, 1.165) is 10.0 Å². The number of benzene rings is 1. The van der Waals surface area contributed by atoms with Crippen LogP contribution in [0.5, 0.6) is 0 Å². The Hall–Kier alpha value is -0.420. The average Bonchev–Trinajstić information content (AvgIpc) is 2.77. The average molecular weight is 349 g/mol. The minimum absolute atomic E-state index is 0.139. The lowest BCUT2D eigenvalue weighted by molar-refractivity contribution is 0.592. The maximum absolute atomic E-state index is 13.2. The summed E-state index contributed by atoms with van der Waals surface area (Å²) in [6.45, 7) is 0. The highest BCUT2D eigenvalue weighted by Crippen LogP contribution is 2.29. The summed E-state index contributed by atoms with van der Waals surface area (Å²) in [5.74, 6) is -0.253. The first-order chi connectivity index (χ1) is 8.60. The molecule has 1 unspecified atom stereocenters. The zero-order valence-electron chi connectivity index (χ0n) is 9.71. The highest BCUT2D eigenvalue weighted by atomic mass is 79.9. The lowest BCUT2D eigenvalue weighted by Gasteiger charge is -2.15. The van der Waals surface area contributed by atoms with Crippen molar-refractivity contribution in [2.45, 2.75) is 12.5 Å². The number of hydrogen-bond acceptors (Lipinski definition) is 2. The summed E-state index contributed by atoms with van der Waals surface area (Å²) in [4.78, 5) is 1.20. The Balaban J connectivity index is 2.22. The SMILES string of the molecule is CNC(Cc1cc(F)ccc1Cl)c1cc(Br)cs1. The van der Waals surface area contributed by atoms with Crippen LogP contribution in [0.15, 0.2) is 34.1 Å². The van der Waals surface area contributed by atoms with Crippen molar-refractivity contribution < 1.29 is 4.39 Å². The van der Waals surface area contributed by atoms with E-state index < -0.39 is 0 Å². The second kappa shape index (κ2) is 6.15. The fraction of sp³-hybridized carbons (Fsp3) is 0.231. The quantitative estimate of drug-likeness (QED) is 0.836. The van der Waals surface area contributed by atoms with Crippen LogP contribution in [-0.2, 0) is 6.42 Å². The van der Waals surface area contributed by atoms with E-state index in [1.165, 1.54) is 17.0 Å². The van der Waals surface area contributed by atoms with Crippen LogP contribution in [0.3, 0.4) is 0 Å². The molecule has 0 aliphatic rings. The van der Waals surface area contributed by atoms with Crippen LogP contribution >= 0.6 is 38.9 Å². The van der Waals surface area contributed by atoms with Crippen molar-refractivity contribution in [3.8, 4) is 0 Å². The summed E-state index contributed by atoms with van der Waals surface area (Å²) in [6, 6.07) is 6.68. The Kier molecular flexibility index (Phi) is 4.78. The fourth-order valence-corrected chi connectivity index (χ4v) is 3.53. The Morgan fingerprint density at radius 1 is 1.44 bits per heavy atom. The summed E-state index contributed by atoms with van der Waals surface area (Å²) >= 11 is 11.2. The lowest BCUT2D eigenvalue weighted by atomic mass is 10.0. The summed E-state index contributed by atoms with van der Waals surface area (Å²) in [5.41, 5.74) is 0.820. The van der Waals surface area contributed by atoms with Gasteiger partial charge in [0.25, 0.3) is 0 Å². The number of hydrogen-bond donors (Lipinski definition) is 1. The summed E-state index contributed by atoms with van der Waals surface area (Å²) in [5, 5.41) is 5.87. The minimum Gasteiger partial charge on any atom is -0.312 e. The molecule has 0 saturated heterocycles. The Morgan fingerprint density at radius 3 is 2.83 bits per heavy atom. The molecule has 1 heterocycles. The molecule has 1 N–H and O–H groups in total. The highest BCUT2D eigenvalue weighted by Gasteiger charge is 2.14. The molecule has 5 heteroatoms. The van der Waals surface area contributed by atoms with Crippen LogP contribution in [0.2, 0.25) is 5.02 Å². The van der Waals surface area contributed by atoms with Crippen LogP contribution in [0, 0.1) is 5.82 Å². The molecule has 2 rings (SSSR count). The van der Waals surface area contributed by atoms with E-state index in [2.05, 4.69) is 27.3 Å². The first kappa shape index (κ1) is 14.0.